The molecule has 0 aromatic heterocycles. The lowest BCUT2D eigenvalue weighted by Gasteiger charge is -2.20. The van der Waals surface area contributed by atoms with Gasteiger partial charge < -0.3 is 10.5 Å². The summed E-state index contributed by atoms with van der Waals surface area (Å²) in [6.07, 6.45) is -1.98. The molecule has 1 unspecified atom stereocenters. The van der Waals surface area contributed by atoms with Crippen LogP contribution in [0, 0.1) is 0 Å². The number of benzene rings is 2. The Kier molecular flexibility index (Phi) is 6.04. The normalized spacial score (nSPS) is 12.9. The molecule has 0 aliphatic rings. The Morgan fingerprint density at radius 1 is 0.913 bits per heavy atom. The van der Waals surface area contributed by atoms with E-state index < -0.39 is 11.7 Å². The second kappa shape index (κ2) is 8.02. The van der Waals surface area contributed by atoms with Gasteiger partial charge in [-0.2, -0.15) is 13.2 Å². The van der Waals surface area contributed by atoms with E-state index in [1.807, 2.05) is 30.3 Å². The lowest BCUT2D eigenvalue weighted by atomic mass is 10.0. The van der Waals surface area contributed by atoms with Crippen LogP contribution in [0.5, 0.6) is 5.75 Å². The zero-order chi connectivity index (χ0) is 16.7. The van der Waals surface area contributed by atoms with E-state index in [2.05, 4.69) is 0 Å². The second-order valence-corrected chi connectivity index (χ2v) is 5.32. The summed E-state index contributed by atoms with van der Waals surface area (Å²) in [5, 5.41) is 0. The van der Waals surface area contributed by atoms with Gasteiger partial charge >= 0.3 is 6.18 Å². The van der Waals surface area contributed by atoms with E-state index in [0.717, 1.165) is 37.0 Å². The third-order valence-corrected chi connectivity index (χ3v) is 3.55. The highest BCUT2D eigenvalue weighted by molar-refractivity contribution is 5.30. The fourth-order valence-corrected chi connectivity index (χ4v) is 2.32. The molecule has 0 bridgehead atoms. The first-order valence-corrected chi connectivity index (χ1v) is 7.59. The molecule has 0 fully saturated rings. The molecular formula is C18H20F3NO. The zero-order valence-corrected chi connectivity index (χ0v) is 12.7. The Balaban J connectivity index is 2.10. The Morgan fingerprint density at radius 2 is 1.57 bits per heavy atom. The molecule has 2 aromatic carbocycles. The monoisotopic (exact) mass is 323 g/mol. The topological polar surface area (TPSA) is 35.2 Å². The molecule has 0 saturated carbocycles. The third-order valence-electron chi connectivity index (χ3n) is 3.55. The molecule has 124 valence electrons. The van der Waals surface area contributed by atoms with Gasteiger partial charge in [0, 0.05) is 0 Å². The van der Waals surface area contributed by atoms with Crippen LogP contribution in [-0.2, 0) is 6.18 Å². The van der Waals surface area contributed by atoms with Crippen molar-refractivity contribution in [2.24, 2.45) is 5.73 Å². The van der Waals surface area contributed by atoms with E-state index in [1.54, 1.807) is 0 Å². The van der Waals surface area contributed by atoms with E-state index in [1.165, 1.54) is 12.1 Å². The van der Waals surface area contributed by atoms with Crippen LogP contribution in [0.25, 0.3) is 0 Å². The lowest BCUT2D eigenvalue weighted by molar-refractivity contribution is -0.137. The first kappa shape index (κ1) is 17.3. The largest absolute Gasteiger partial charge is 0.486 e. The first-order valence-electron chi connectivity index (χ1n) is 7.59. The van der Waals surface area contributed by atoms with Crippen molar-refractivity contribution in [3.05, 3.63) is 65.7 Å². The van der Waals surface area contributed by atoms with Gasteiger partial charge in [-0.3, -0.25) is 0 Å². The number of alkyl halides is 3. The van der Waals surface area contributed by atoms with Gasteiger partial charge in [0.05, 0.1) is 5.56 Å². The fourth-order valence-electron chi connectivity index (χ4n) is 2.32. The molecule has 0 aliphatic carbocycles. The number of hydrogen-bond acceptors (Lipinski definition) is 2. The molecule has 1 atom stereocenters. The number of unbranched alkanes of at least 4 members (excludes halogenated alkanes) is 1. The Bertz CT molecular complexity index is 581. The molecule has 2 rings (SSSR count). The van der Waals surface area contributed by atoms with Crippen molar-refractivity contribution in [1.29, 1.82) is 0 Å². The summed E-state index contributed by atoms with van der Waals surface area (Å²) in [7, 11) is 0. The van der Waals surface area contributed by atoms with Gasteiger partial charge in [0.15, 0.2) is 0 Å². The predicted molar refractivity (Wildman–Crippen MR) is 84.2 cm³/mol. The van der Waals surface area contributed by atoms with Gasteiger partial charge in [-0.15, -0.1) is 0 Å². The van der Waals surface area contributed by atoms with Crippen LogP contribution in [0.1, 0.15) is 36.5 Å². The van der Waals surface area contributed by atoms with Crippen molar-refractivity contribution in [3.63, 3.8) is 0 Å². The summed E-state index contributed by atoms with van der Waals surface area (Å²) in [6, 6.07) is 14.5. The molecule has 0 spiro atoms. The molecule has 0 radical (unpaired) electrons. The van der Waals surface area contributed by atoms with E-state index in [0.29, 0.717) is 12.3 Å². The highest BCUT2D eigenvalue weighted by atomic mass is 19.4. The molecule has 2 N–H and O–H groups in total. The highest BCUT2D eigenvalue weighted by Crippen LogP contribution is 2.32. The Hall–Kier alpha value is -2.01. The molecular weight excluding hydrogens is 303 g/mol. The van der Waals surface area contributed by atoms with Gasteiger partial charge in [0.2, 0.25) is 0 Å². The molecule has 2 nitrogen and oxygen atoms in total. The van der Waals surface area contributed by atoms with Gasteiger partial charge in [-0.05, 0) is 55.6 Å². The van der Waals surface area contributed by atoms with E-state index in [-0.39, 0.29) is 6.10 Å². The van der Waals surface area contributed by atoms with Crippen LogP contribution in [0.3, 0.4) is 0 Å². The molecule has 0 saturated heterocycles. The zero-order valence-electron chi connectivity index (χ0n) is 12.7. The maximum atomic E-state index is 12.6. The maximum absolute atomic E-state index is 12.6. The summed E-state index contributed by atoms with van der Waals surface area (Å²) in [5.41, 5.74) is 5.84. The minimum atomic E-state index is -4.33. The first-order chi connectivity index (χ1) is 11.0. The molecule has 23 heavy (non-hydrogen) atoms. The van der Waals surface area contributed by atoms with Crippen LogP contribution >= 0.6 is 0 Å². The van der Waals surface area contributed by atoms with Crippen molar-refractivity contribution in [2.75, 3.05) is 6.54 Å². The highest BCUT2D eigenvalue weighted by Gasteiger charge is 2.30. The summed E-state index contributed by atoms with van der Waals surface area (Å²) in [4.78, 5) is 0. The van der Waals surface area contributed by atoms with E-state index in [9.17, 15) is 13.2 Å². The van der Waals surface area contributed by atoms with Gasteiger partial charge in [0.1, 0.15) is 11.9 Å². The number of ether oxygens (including phenoxy) is 1. The SMILES string of the molecule is NCCCCC(Oc1ccc(C(F)(F)F)cc1)c1ccccc1. The van der Waals surface area contributed by atoms with Crippen molar-refractivity contribution in [1.82, 2.24) is 0 Å². The minimum absolute atomic E-state index is 0.195. The fraction of sp³-hybridized carbons (Fsp3) is 0.333. The molecule has 0 amide bonds. The van der Waals surface area contributed by atoms with Crippen LogP contribution in [0.15, 0.2) is 54.6 Å². The van der Waals surface area contributed by atoms with Crippen molar-refractivity contribution in [2.45, 2.75) is 31.5 Å². The molecule has 2 aromatic rings. The van der Waals surface area contributed by atoms with Crippen LogP contribution in [0.4, 0.5) is 13.2 Å². The average Bonchev–Trinajstić information content (AvgIpc) is 2.54. The third kappa shape index (κ3) is 5.28. The standard InChI is InChI=1S/C18H20F3NO/c19-18(20,21)15-9-11-16(12-10-15)23-17(8-4-5-13-22)14-6-2-1-3-7-14/h1-3,6-7,9-12,17H,4-5,8,13,22H2. The Labute approximate surface area is 134 Å². The quantitative estimate of drug-likeness (QED) is 0.731. The molecule has 0 aliphatic heterocycles. The number of rotatable bonds is 7. The smallest absolute Gasteiger partial charge is 0.416 e. The summed E-state index contributed by atoms with van der Waals surface area (Å²) < 4.78 is 43.7. The van der Waals surface area contributed by atoms with Crippen LogP contribution in [-0.4, -0.2) is 6.54 Å². The Morgan fingerprint density at radius 3 is 2.13 bits per heavy atom. The maximum Gasteiger partial charge on any atom is 0.416 e. The summed E-state index contributed by atoms with van der Waals surface area (Å²) in [6.45, 7) is 0.613. The molecule has 0 heterocycles. The van der Waals surface area contributed by atoms with Gasteiger partial charge in [0.25, 0.3) is 0 Å². The second-order valence-electron chi connectivity index (χ2n) is 5.32. The van der Waals surface area contributed by atoms with Crippen LogP contribution in [0.2, 0.25) is 0 Å². The van der Waals surface area contributed by atoms with Crippen molar-refractivity contribution in [3.8, 4) is 5.75 Å². The number of nitrogens with two attached hydrogens (primary N) is 1. The lowest BCUT2D eigenvalue weighted by Crippen LogP contribution is -2.09. The predicted octanol–water partition coefficient (Wildman–Crippen LogP) is 4.95. The summed E-state index contributed by atoms with van der Waals surface area (Å²) >= 11 is 0. The minimum Gasteiger partial charge on any atom is -0.486 e. The van der Waals surface area contributed by atoms with E-state index in [4.69, 9.17) is 10.5 Å². The van der Waals surface area contributed by atoms with Crippen molar-refractivity contribution < 1.29 is 17.9 Å². The summed E-state index contributed by atoms with van der Waals surface area (Å²) in [5.74, 6) is 0.430. The average molecular weight is 323 g/mol. The van der Waals surface area contributed by atoms with Gasteiger partial charge in [-0.25, -0.2) is 0 Å². The number of halogens is 3. The van der Waals surface area contributed by atoms with Gasteiger partial charge in [-0.1, -0.05) is 30.3 Å². The molecule has 5 heteroatoms. The van der Waals surface area contributed by atoms with Crippen LogP contribution < -0.4 is 10.5 Å². The van der Waals surface area contributed by atoms with Crippen molar-refractivity contribution >= 4 is 0 Å². The van der Waals surface area contributed by atoms with E-state index >= 15 is 0 Å². The number of hydrogen-bond donors (Lipinski definition) is 1.